The van der Waals surface area contributed by atoms with Gasteiger partial charge in [-0.25, -0.2) is 13.4 Å². The fourth-order valence-corrected chi connectivity index (χ4v) is 6.27. The molecule has 1 amide bonds. The fraction of sp³-hybridized carbons (Fsp3) is 0.250. The van der Waals surface area contributed by atoms with E-state index in [1.165, 1.54) is 17.4 Å². The molecule has 3 aromatic carbocycles. The number of morpholine rings is 1. The number of nitrogens with zero attached hydrogens (tertiary/aromatic N) is 3. The summed E-state index contributed by atoms with van der Waals surface area (Å²) >= 11 is 1.28. The van der Waals surface area contributed by atoms with Crippen LogP contribution >= 0.6 is 11.3 Å². The summed E-state index contributed by atoms with van der Waals surface area (Å²) in [5.74, 6) is -0.384. The molecular formula is C28H27N3O5S2. The lowest BCUT2D eigenvalue weighted by atomic mass is 10.0. The van der Waals surface area contributed by atoms with Crippen LogP contribution in [-0.4, -0.2) is 75.6 Å². The second-order valence-corrected chi connectivity index (χ2v) is 12.0. The molecule has 38 heavy (non-hydrogen) atoms. The van der Waals surface area contributed by atoms with Crippen molar-refractivity contribution in [3.8, 4) is 0 Å². The summed E-state index contributed by atoms with van der Waals surface area (Å²) in [4.78, 5) is 35.2. The zero-order valence-corrected chi connectivity index (χ0v) is 22.5. The predicted molar refractivity (Wildman–Crippen MR) is 148 cm³/mol. The largest absolute Gasteiger partial charge is 0.379 e. The summed E-state index contributed by atoms with van der Waals surface area (Å²) in [6.07, 6.45) is 1.15. The van der Waals surface area contributed by atoms with Crippen LogP contribution in [0.4, 0.5) is 5.13 Å². The Balaban J connectivity index is 1.46. The predicted octanol–water partition coefficient (Wildman–Crippen LogP) is 3.91. The van der Waals surface area contributed by atoms with Gasteiger partial charge in [0, 0.05) is 49.1 Å². The van der Waals surface area contributed by atoms with Gasteiger partial charge >= 0.3 is 0 Å². The number of fused-ring (bicyclic) bond motifs is 1. The van der Waals surface area contributed by atoms with Crippen LogP contribution < -0.4 is 4.90 Å². The molecule has 0 atom stereocenters. The van der Waals surface area contributed by atoms with Gasteiger partial charge in [0.25, 0.3) is 5.91 Å². The van der Waals surface area contributed by atoms with Gasteiger partial charge < -0.3 is 4.74 Å². The quantitative estimate of drug-likeness (QED) is 0.308. The van der Waals surface area contributed by atoms with Gasteiger partial charge in [0.15, 0.2) is 20.8 Å². The van der Waals surface area contributed by atoms with E-state index in [0.29, 0.717) is 58.3 Å². The maximum Gasteiger partial charge on any atom is 0.260 e. The Labute approximate surface area is 225 Å². The molecule has 1 aromatic heterocycles. The van der Waals surface area contributed by atoms with Crippen LogP contribution in [0.15, 0.2) is 77.7 Å². The summed E-state index contributed by atoms with van der Waals surface area (Å²) in [5, 5.41) is 0.429. The van der Waals surface area contributed by atoms with Crippen LogP contribution in [0.25, 0.3) is 10.2 Å². The molecule has 0 radical (unpaired) electrons. The van der Waals surface area contributed by atoms with Gasteiger partial charge in [-0.15, -0.1) is 0 Å². The van der Waals surface area contributed by atoms with Crippen LogP contribution in [0.2, 0.25) is 0 Å². The molecule has 1 fully saturated rings. The van der Waals surface area contributed by atoms with Crippen molar-refractivity contribution in [3.63, 3.8) is 0 Å². The molecule has 8 nitrogen and oxygen atoms in total. The Morgan fingerprint density at radius 3 is 2.26 bits per heavy atom. The van der Waals surface area contributed by atoms with Crippen LogP contribution in [0.1, 0.15) is 26.3 Å². The Bertz CT molecular complexity index is 1560. The first-order chi connectivity index (χ1) is 18.3. The molecule has 1 saturated heterocycles. The van der Waals surface area contributed by atoms with Gasteiger partial charge in [0.05, 0.1) is 22.8 Å². The maximum atomic E-state index is 13.8. The minimum Gasteiger partial charge on any atom is -0.379 e. The number of para-hydroxylation sites is 1. The first-order valence-electron chi connectivity index (χ1n) is 12.2. The molecule has 0 spiro atoms. The number of thiazole rings is 1. The van der Waals surface area contributed by atoms with E-state index in [1.807, 2.05) is 18.2 Å². The standard InChI is InChI=1S/C28H27N3O5S2/c1-38(34,35)24-9-5-8-23-25(24)29-28(37-23)31(15-14-30-16-18-36-19-17-30)27(33)22-12-10-21(11-13-22)26(32)20-6-3-2-4-7-20/h2-13H,14-19H2,1H3. The van der Waals surface area contributed by atoms with Gasteiger partial charge in [-0.3, -0.25) is 19.4 Å². The third kappa shape index (κ3) is 5.68. The number of ether oxygens (including phenoxy) is 1. The Kier molecular flexibility index (Phi) is 7.66. The molecular weight excluding hydrogens is 522 g/mol. The molecule has 0 unspecified atom stereocenters. The highest BCUT2D eigenvalue weighted by atomic mass is 32.2. The first kappa shape index (κ1) is 26.2. The van der Waals surface area contributed by atoms with E-state index in [2.05, 4.69) is 9.88 Å². The molecule has 0 aliphatic carbocycles. The highest BCUT2D eigenvalue weighted by molar-refractivity contribution is 7.91. The molecule has 1 aliphatic rings. The molecule has 1 aliphatic heterocycles. The number of hydrogen-bond acceptors (Lipinski definition) is 8. The third-order valence-electron chi connectivity index (χ3n) is 6.42. The van der Waals surface area contributed by atoms with Crippen molar-refractivity contribution in [1.82, 2.24) is 9.88 Å². The Hall–Kier alpha value is -3.44. The minimum atomic E-state index is -3.49. The number of carbonyl (C=O) groups excluding carboxylic acids is 2. The van der Waals surface area contributed by atoms with Gasteiger partial charge in [-0.05, 0) is 24.3 Å². The summed E-state index contributed by atoms with van der Waals surface area (Å²) in [5.41, 5.74) is 1.85. The fourth-order valence-electron chi connectivity index (χ4n) is 4.35. The average Bonchev–Trinajstić information content (AvgIpc) is 3.37. The van der Waals surface area contributed by atoms with Crippen LogP contribution in [-0.2, 0) is 14.6 Å². The third-order valence-corrected chi connectivity index (χ3v) is 8.59. The van der Waals surface area contributed by atoms with Gasteiger partial charge in [-0.2, -0.15) is 0 Å². The van der Waals surface area contributed by atoms with Crippen molar-refractivity contribution in [1.29, 1.82) is 0 Å². The van der Waals surface area contributed by atoms with Crippen molar-refractivity contribution in [3.05, 3.63) is 89.5 Å². The molecule has 4 aromatic rings. The van der Waals surface area contributed by atoms with E-state index < -0.39 is 9.84 Å². The number of hydrogen-bond donors (Lipinski definition) is 0. The lowest BCUT2D eigenvalue weighted by Crippen LogP contribution is -2.43. The van der Waals surface area contributed by atoms with Crippen molar-refractivity contribution in [2.75, 3.05) is 50.5 Å². The number of amides is 1. The van der Waals surface area contributed by atoms with Crippen LogP contribution in [0, 0.1) is 0 Å². The van der Waals surface area contributed by atoms with E-state index in [1.54, 1.807) is 53.4 Å². The SMILES string of the molecule is CS(=O)(=O)c1cccc2sc(N(CCN3CCOCC3)C(=O)c3ccc(C(=O)c4ccccc4)cc3)nc12. The van der Waals surface area contributed by atoms with Gasteiger partial charge in [0.1, 0.15) is 5.52 Å². The number of sulfone groups is 1. The second kappa shape index (κ2) is 11.1. The summed E-state index contributed by atoms with van der Waals surface area (Å²) in [6.45, 7) is 3.83. The van der Waals surface area contributed by atoms with Gasteiger partial charge in [0.2, 0.25) is 0 Å². The van der Waals surface area contributed by atoms with Crippen LogP contribution in [0.3, 0.4) is 0 Å². The van der Waals surface area contributed by atoms with Gasteiger partial charge in [-0.1, -0.05) is 59.9 Å². The van der Waals surface area contributed by atoms with E-state index in [4.69, 9.17) is 4.74 Å². The van der Waals surface area contributed by atoms with Crippen molar-refractivity contribution in [2.24, 2.45) is 0 Å². The topological polar surface area (TPSA) is 96.9 Å². The molecule has 196 valence electrons. The maximum absolute atomic E-state index is 13.8. The number of anilines is 1. The highest BCUT2D eigenvalue weighted by Crippen LogP contribution is 2.33. The van der Waals surface area contributed by atoms with E-state index in [9.17, 15) is 18.0 Å². The normalized spacial score (nSPS) is 14.4. The average molecular weight is 550 g/mol. The number of ketones is 1. The molecule has 2 heterocycles. The highest BCUT2D eigenvalue weighted by Gasteiger charge is 2.25. The number of carbonyl (C=O) groups is 2. The smallest absolute Gasteiger partial charge is 0.260 e. The minimum absolute atomic E-state index is 0.117. The number of benzene rings is 3. The monoisotopic (exact) mass is 549 g/mol. The van der Waals surface area contributed by atoms with E-state index >= 15 is 0 Å². The number of aromatic nitrogens is 1. The Morgan fingerprint density at radius 2 is 1.58 bits per heavy atom. The zero-order chi connectivity index (χ0) is 26.7. The van der Waals surface area contributed by atoms with Crippen molar-refractivity contribution < 1.29 is 22.7 Å². The van der Waals surface area contributed by atoms with Crippen molar-refractivity contribution >= 4 is 48.2 Å². The second-order valence-electron chi connectivity index (χ2n) is 9.05. The molecule has 5 rings (SSSR count). The molecule has 0 bridgehead atoms. The summed E-state index contributed by atoms with van der Waals surface area (Å²) in [7, 11) is -3.49. The summed E-state index contributed by atoms with van der Waals surface area (Å²) < 4.78 is 30.8. The van der Waals surface area contributed by atoms with Crippen molar-refractivity contribution in [2.45, 2.75) is 4.90 Å². The Morgan fingerprint density at radius 1 is 0.921 bits per heavy atom. The molecule has 10 heteroatoms. The first-order valence-corrected chi connectivity index (χ1v) is 14.9. The molecule has 0 N–H and O–H groups in total. The van der Waals surface area contributed by atoms with E-state index in [-0.39, 0.29) is 16.6 Å². The summed E-state index contributed by atoms with van der Waals surface area (Å²) in [6, 6.07) is 20.6. The molecule has 0 saturated carbocycles. The lowest BCUT2D eigenvalue weighted by molar-refractivity contribution is 0.0391. The zero-order valence-electron chi connectivity index (χ0n) is 20.9. The number of rotatable bonds is 8. The lowest BCUT2D eigenvalue weighted by Gasteiger charge is -2.29. The van der Waals surface area contributed by atoms with E-state index in [0.717, 1.165) is 19.3 Å². The van der Waals surface area contributed by atoms with Crippen LogP contribution in [0.5, 0.6) is 0 Å².